The van der Waals surface area contributed by atoms with Gasteiger partial charge in [0.15, 0.2) is 6.61 Å². The lowest BCUT2D eigenvalue weighted by Crippen LogP contribution is -2.30. The summed E-state index contributed by atoms with van der Waals surface area (Å²) in [4.78, 5) is 38.5. The van der Waals surface area contributed by atoms with Crippen molar-refractivity contribution in [3.63, 3.8) is 0 Å². The number of halogens is 1. The molecule has 0 spiro atoms. The third kappa shape index (κ3) is 4.95. The van der Waals surface area contributed by atoms with E-state index < -0.39 is 24.4 Å². The van der Waals surface area contributed by atoms with Gasteiger partial charge in [-0.3, -0.25) is 14.4 Å². The van der Waals surface area contributed by atoms with Crippen molar-refractivity contribution in [2.45, 2.75) is 26.3 Å². The number of nitrogens with one attached hydrogen (secondary N) is 1. The Kier molecular flexibility index (Phi) is 6.54. The molecule has 0 radical (unpaired) electrons. The molecule has 0 aliphatic carbocycles. The molecule has 3 rings (SSSR count). The van der Waals surface area contributed by atoms with Gasteiger partial charge in [0.1, 0.15) is 0 Å². The highest BCUT2D eigenvalue weighted by Gasteiger charge is 2.38. The van der Waals surface area contributed by atoms with Crippen LogP contribution in [0.1, 0.15) is 30.5 Å². The Balaban J connectivity index is 1.53. The van der Waals surface area contributed by atoms with E-state index in [1.54, 1.807) is 30.0 Å². The van der Waals surface area contributed by atoms with Crippen LogP contribution in [0.15, 0.2) is 48.5 Å². The molecule has 2 atom stereocenters. The van der Waals surface area contributed by atoms with Crippen LogP contribution in [0.25, 0.3) is 0 Å². The molecule has 1 heterocycles. The van der Waals surface area contributed by atoms with Gasteiger partial charge in [-0.05, 0) is 37.1 Å². The molecule has 0 bridgehead atoms. The number of rotatable bonds is 6. The number of hydrogen-bond donors (Lipinski definition) is 1. The molecule has 6 nitrogen and oxygen atoms in total. The molecule has 0 saturated carbocycles. The second kappa shape index (κ2) is 9.09. The van der Waals surface area contributed by atoms with E-state index in [2.05, 4.69) is 5.32 Å². The van der Waals surface area contributed by atoms with Crippen LogP contribution in [0.5, 0.6) is 0 Å². The SMILES string of the molecule is Cc1c(Cl)cccc1NC(=O)COC(=O)[C@@H]1CC(=O)N([C@@H](C)c2ccccc2)C1. The first-order chi connectivity index (χ1) is 13.9. The lowest BCUT2D eigenvalue weighted by Gasteiger charge is -2.25. The van der Waals surface area contributed by atoms with Gasteiger partial charge in [-0.1, -0.05) is 48.0 Å². The fraction of sp³-hybridized carbons (Fsp3) is 0.318. The zero-order valence-corrected chi connectivity index (χ0v) is 17.1. The van der Waals surface area contributed by atoms with Gasteiger partial charge in [0.05, 0.1) is 12.0 Å². The number of amides is 2. The maximum atomic E-state index is 12.4. The van der Waals surface area contributed by atoms with Gasteiger partial charge < -0.3 is 15.0 Å². The van der Waals surface area contributed by atoms with Gasteiger partial charge in [-0.2, -0.15) is 0 Å². The van der Waals surface area contributed by atoms with Crippen molar-refractivity contribution in [2.75, 3.05) is 18.5 Å². The minimum atomic E-state index is -0.575. The summed E-state index contributed by atoms with van der Waals surface area (Å²) in [5.41, 5.74) is 2.31. The molecule has 152 valence electrons. The first-order valence-corrected chi connectivity index (χ1v) is 9.80. The zero-order valence-electron chi connectivity index (χ0n) is 16.4. The third-order valence-electron chi connectivity index (χ3n) is 5.13. The molecule has 2 amide bonds. The first-order valence-electron chi connectivity index (χ1n) is 9.43. The van der Waals surface area contributed by atoms with E-state index in [0.717, 1.165) is 11.1 Å². The predicted octanol–water partition coefficient (Wildman–Crippen LogP) is 3.74. The standard InChI is InChI=1S/C22H23ClN2O4/c1-14-18(23)9-6-10-19(14)24-20(26)13-29-22(28)17-11-21(27)25(12-17)15(2)16-7-4-3-5-8-16/h3-10,15,17H,11-13H2,1-2H3,(H,24,26)/t15-,17+/m0/s1. The van der Waals surface area contributed by atoms with Crippen LogP contribution in [0, 0.1) is 12.8 Å². The maximum Gasteiger partial charge on any atom is 0.311 e. The topological polar surface area (TPSA) is 75.7 Å². The highest BCUT2D eigenvalue weighted by Crippen LogP contribution is 2.29. The van der Waals surface area contributed by atoms with E-state index in [1.165, 1.54) is 0 Å². The average Bonchev–Trinajstić information content (AvgIpc) is 3.11. The number of carbonyl (C=O) groups is 3. The Morgan fingerprint density at radius 3 is 2.66 bits per heavy atom. The molecule has 1 fully saturated rings. The average molecular weight is 415 g/mol. The molecule has 0 unspecified atom stereocenters. The number of anilines is 1. The van der Waals surface area contributed by atoms with Crippen LogP contribution in [0.3, 0.4) is 0 Å². The molecule has 29 heavy (non-hydrogen) atoms. The summed E-state index contributed by atoms with van der Waals surface area (Å²) in [7, 11) is 0. The molecule has 7 heteroatoms. The Bertz CT molecular complexity index is 916. The van der Waals surface area contributed by atoms with Crippen molar-refractivity contribution in [1.29, 1.82) is 0 Å². The number of nitrogens with zero attached hydrogens (tertiary/aromatic N) is 1. The fourth-order valence-electron chi connectivity index (χ4n) is 3.36. The largest absolute Gasteiger partial charge is 0.455 e. The molecule has 1 aliphatic heterocycles. The van der Waals surface area contributed by atoms with Gasteiger partial charge in [-0.15, -0.1) is 0 Å². The molecule has 2 aromatic carbocycles. The Hall–Kier alpha value is -2.86. The van der Waals surface area contributed by atoms with Crippen LogP contribution in [0.2, 0.25) is 5.02 Å². The lowest BCUT2D eigenvalue weighted by molar-refractivity contribution is -0.151. The number of ether oxygens (including phenoxy) is 1. The summed E-state index contributed by atoms with van der Waals surface area (Å²) in [5.74, 6) is -1.67. The Morgan fingerprint density at radius 2 is 1.93 bits per heavy atom. The van der Waals surface area contributed by atoms with E-state index in [1.807, 2.05) is 37.3 Å². The Labute approximate surface area is 174 Å². The number of esters is 1. The zero-order chi connectivity index (χ0) is 21.0. The molecular formula is C22H23ClN2O4. The molecule has 0 aromatic heterocycles. The highest BCUT2D eigenvalue weighted by atomic mass is 35.5. The van der Waals surface area contributed by atoms with Crippen molar-refractivity contribution in [1.82, 2.24) is 4.90 Å². The number of benzene rings is 2. The van der Waals surface area contributed by atoms with Crippen molar-refractivity contribution in [2.24, 2.45) is 5.92 Å². The van der Waals surface area contributed by atoms with E-state index in [9.17, 15) is 14.4 Å². The van der Waals surface area contributed by atoms with Gasteiger partial charge in [-0.25, -0.2) is 0 Å². The van der Waals surface area contributed by atoms with Gasteiger partial charge in [0.2, 0.25) is 5.91 Å². The van der Waals surface area contributed by atoms with E-state index in [4.69, 9.17) is 16.3 Å². The second-order valence-corrected chi connectivity index (χ2v) is 7.51. The minimum Gasteiger partial charge on any atom is -0.455 e. The lowest BCUT2D eigenvalue weighted by atomic mass is 10.1. The van der Waals surface area contributed by atoms with Crippen molar-refractivity contribution >= 4 is 35.1 Å². The van der Waals surface area contributed by atoms with E-state index in [-0.39, 0.29) is 24.9 Å². The minimum absolute atomic E-state index is 0.0883. The highest BCUT2D eigenvalue weighted by molar-refractivity contribution is 6.31. The van der Waals surface area contributed by atoms with Gasteiger partial charge in [0.25, 0.3) is 5.91 Å². The molecule has 1 N–H and O–H groups in total. The smallest absolute Gasteiger partial charge is 0.311 e. The normalized spacial score (nSPS) is 17.1. The third-order valence-corrected chi connectivity index (χ3v) is 5.54. The van der Waals surface area contributed by atoms with E-state index in [0.29, 0.717) is 10.7 Å². The summed E-state index contributed by atoms with van der Waals surface area (Å²) >= 11 is 6.03. The number of hydrogen-bond acceptors (Lipinski definition) is 4. The number of likely N-dealkylation sites (tertiary alicyclic amines) is 1. The summed E-state index contributed by atoms with van der Waals surface area (Å²) in [6.07, 6.45) is 0.0883. The van der Waals surface area contributed by atoms with Crippen LogP contribution in [-0.2, 0) is 19.1 Å². The van der Waals surface area contributed by atoms with Crippen LogP contribution < -0.4 is 5.32 Å². The second-order valence-electron chi connectivity index (χ2n) is 7.10. The predicted molar refractivity (Wildman–Crippen MR) is 110 cm³/mol. The van der Waals surface area contributed by atoms with Crippen molar-refractivity contribution < 1.29 is 19.1 Å². The quantitative estimate of drug-likeness (QED) is 0.730. The van der Waals surface area contributed by atoms with Crippen molar-refractivity contribution in [3.8, 4) is 0 Å². The van der Waals surface area contributed by atoms with Gasteiger partial charge in [0, 0.05) is 23.7 Å². The van der Waals surface area contributed by atoms with Gasteiger partial charge >= 0.3 is 5.97 Å². The molecule has 1 saturated heterocycles. The van der Waals surface area contributed by atoms with Crippen LogP contribution >= 0.6 is 11.6 Å². The van der Waals surface area contributed by atoms with Crippen LogP contribution in [0.4, 0.5) is 5.69 Å². The fourth-order valence-corrected chi connectivity index (χ4v) is 3.53. The number of carbonyl (C=O) groups excluding carboxylic acids is 3. The summed E-state index contributed by atoms with van der Waals surface area (Å²) in [6.45, 7) is 3.59. The first kappa shape index (κ1) is 20.9. The molecule has 1 aliphatic rings. The molecule has 2 aromatic rings. The summed E-state index contributed by atoms with van der Waals surface area (Å²) < 4.78 is 5.15. The Morgan fingerprint density at radius 1 is 1.21 bits per heavy atom. The summed E-state index contributed by atoms with van der Waals surface area (Å²) in [6, 6.07) is 14.7. The van der Waals surface area contributed by atoms with E-state index >= 15 is 0 Å². The van der Waals surface area contributed by atoms with Crippen molar-refractivity contribution in [3.05, 3.63) is 64.7 Å². The maximum absolute atomic E-state index is 12.4. The van der Waals surface area contributed by atoms with Crippen LogP contribution in [-0.4, -0.2) is 35.8 Å². The summed E-state index contributed by atoms with van der Waals surface area (Å²) in [5, 5.41) is 3.22. The molecular weight excluding hydrogens is 392 g/mol. The monoisotopic (exact) mass is 414 g/mol.